The van der Waals surface area contributed by atoms with Gasteiger partial charge < -0.3 is 14.6 Å². The van der Waals surface area contributed by atoms with Gasteiger partial charge in [0.25, 0.3) is 0 Å². The zero-order chi connectivity index (χ0) is 13.3. The van der Waals surface area contributed by atoms with Crippen LogP contribution in [0.25, 0.3) is 0 Å². The van der Waals surface area contributed by atoms with Crippen LogP contribution in [0.1, 0.15) is 18.4 Å². The third-order valence-electron chi connectivity index (χ3n) is 2.87. The molecule has 0 spiro atoms. The van der Waals surface area contributed by atoms with E-state index in [0.29, 0.717) is 19.6 Å². The molecule has 102 valence electrons. The van der Waals surface area contributed by atoms with Gasteiger partial charge in [0.15, 0.2) is 0 Å². The molecule has 1 aliphatic rings. The molecule has 0 aromatic heterocycles. The topological polar surface area (TPSA) is 38.7 Å². The van der Waals surface area contributed by atoms with Gasteiger partial charge in [0.1, 0.15) is 11.9 Å². The van der Waals surface area contributed by atoms with Gasteiger partial charge in [-0.25, -0.2) is 0 Å². The molecule has 19 heavy (non-hydrogen) atoms. The number of hydrogen-bond acceptors (Lipinski definition) is 3. The fourth-order valence-corrected chi connectivity index (χ4v) is 1.92. The first-order chi connectivity index (χ1) is 9.38. The molecule has 2 rings (SSSR count). The standard InChI is InChI=1S/C16H20O3/c17-11-5-10-15-8-4-9-16(19-15)13-18-12-14-6-2-1-3-7-14/h1-4,6-8,10,16-17H,5,9,11-13H2/b15-10-. The highest BCUT2D eigenvalue weighted by Gasteiger charge is 2.13. The lowest BCUT2D eigenvalue weighted by Gasteiger charge is -2.22. The summed E-state index contributed by atoms with van der Waals surface area (Å²) in [5, 5.41) is 8.78. The van der Waals surface area contributed by atoms with Crippen molar-refractivity contribution in [3.8, 4) is 0 Å². The van der Waals surface area contributed by atoms with E-state index in [1.54, 1.807) is 0 Å². The summed E-state index contributed by atoms with van der Waals surface area (Å²) in [5.74, 6) is 0.827. The minimum atomic E-state index is 0.0682. The lowest BCUT2D eigenvalue weighted by Crippen LogP contribution is -2.21. The molecule has 1 N–H and O–H groups in total. The third-order valence-corrected chi connectivity index (χ3v) is 2.87. The summed E-state index contributed by atoms with van der Waals surface area (Å²) < 4.78 is 11.4. The quantitative estimate of drug-likeness (QED) is 0.854. The SMILES string of the molecule is OCC/C=C1/C=CCC(COCc2ccccc2)O1. The molecule has 1 heterocycles. The molecule has 0 fully saturated rings. The van der Waals surface area contributed by atoms with Gasteiger partial charge in [0.05, 0.1) is 13.2 Å². The maximum atomic E-state index is 8.78. The first kappa shape index (κ1) is 13.8. The number of hydrogen-bond donors (Lipinski definition) is 1. The highest BCUT2D eigenvalue weighted by Crippen LogP contribution is 2.16. The minimum absolute atomic E-state index is 0.0682. The van der Waals surface area contributed by atoms with E-state index in [4.69, 9.17) is 14.6 Å². The molecule has 0 saturated heterocycles. The highest BCUT2D eigenvalue weighted by molar-refractivity contribution is 5.16. The van der Waals surface area contributed by atoms with Crippen LogP contribution in [0, 0.1) is 0 Å². The van der Waals surface area contributed by atoms with Crippen molar-refractivity contribution in [3.05, 3.63) is 59.9 Å². The van der Waals surface area contributed by atoms with Crippen LogP contribution in [0.2, 0.25) is 0 Å². The summed E-state index contributed by atoms with van der Waals surface area (Å²) in [4.78, 5) is 0. The van der Waals surface area contributed by atoms with Crippen LogP contribution in [0.4, 0.5) is 0 Å². The van der Waals surface area contributed by atoms with Crippen molar-refractivity contribution in [2.45, 2.75) is 25.6 Å². The summed E-state index contributed by atoms with van der Waals surface area (Å²) in [6.07, 6.45) is 7.49. The fourth-order valence-electron chi connectivity index (χ4n) is 1.92. The van der Waals surface area contributed by atoms with Crippen LogP contribution in [0.15, 0.2) is 54.3 Å². The number of allylic oxidation sites excluding steroid dienone is 1. The Labute approximate surface area is 114 Å². The van der Waals surface area contributed by atoms with E-state index < -0.39 is 0 Å². The van der Waals surface area contributed by atoms with Crippen molar-refractivity contribution >= 4 is 0 Å². The summed E-state index contributed by atoms with van der Waals surface area (Å²) >= 11 is 0. The summed E-state index contributed by atoms with van der Waals surface area (Å²) in [5.41, 5.74) is 1.17. The number of aliphatic hydroxyl groups excluding tert-OH is 1. The lowest BCUT2D eigenvalue weighted by atomic mass is 10.2. The van der Waals surface area contributed by atoms with Crippen LogP contribution in [-0.4, -0.2) is 24.4 Å². The number of rotatable bonds is 6. The Hall–Kier alpha value is -1.58. The Balaban J connectivity index is 1.73. The normalized spacial score (nSPS) is 20.5. The molecule has 1 aromatic rings. The molecule has 1 unspecified atom stereocenters. The van der Waals surface area contributed by atoms with E-state index in [2.05, 4.69) is 6.08 Å². The molecular weight excluding hydrogens is 240 g/mol. The van der Waals surface area contributed by atoms with Gasteiger partial charge in [0, 0.05) is 13.0 Å². The van der Waals surface area contributed by atoms with E-state index in [-0.39, 0.29) is 12.7 Å². The zero-order valence-corrected chi connectivity index (χ0v) is 11.0. The lowest BCUT2D eigenvalue weighted by molar-refractivity contribution is 0.00997. The average Bonchev–Trinajstić information content (AvgIpc) is 2.47. The molecule has 1 aliphatic heterocycles. The van der Waals surface area contributed by atoms with Crippen LogP contribution >= 0.6 is 0 Å². The zero-order valence-electron chi connectivity index (χ0n) is 11.0. The molecule has 0 aliphatic carbocycles. The summed E-state index contributed by atoms with van der Waals surface area (Å²) in [6.45, 7) is 1.34. The summed E-state index contributed by atoms with van der Waals surface area (Å²) in [6, 6.07) is 10.1. The first-order valence-electron chi connectivity index (χ1n) is 6.64. The maximum absolute atomic E-state index is 8.78. The molecule has 1 atom stereocenters. The number of benzene rings is 1. The predicted molar refractivity (Wildman–Crippen MR) is 74.5 cm³/mol. The van der Waals surface area contributed by atoms with E-state index >= 15 is 0 Å². The monoisotopic (exact) mass is 260 g/mol. The average molecular weight is 260 g/mol. The third kappa shape index (κ3) is 4.89. The van der Waals surface area contributed by atoms with E-state index in [0.717, 1.165) is 12.2 Å². The van der Waals surface area contributed by atoms with Crippen LogP contribution in [0.3, 0.4) is 0 Å². The molecule has 1 aromatic carbocycles. The Bertz CT molecular complexity index is 423. The molecule has 0 bridgehead atoms. The molecule has 0 radical (unpaired) electrons. The van der Waals surface area contributed by atoms with Crippen molar-refractivity contribution in [2.24, 2.45) is 0 Å². The molecular formula is C16H20O3. The van der Waals surface area contributed by atoms with Crippen molar-refractivity contribution in [1.82, 2.24) is 0 Å². The molecule has 0 amide bonds. The Kier molecular flexibility index (Phi) is 5.66. The largest absolute Gasteiger partial charge is 0.488 e. The summed E-state index contributed by atoms with van der Waals surface area (Å²) in [7, 11) is 0. The van der Waals surface area contributed by atoms with E-state index in [9.17, 15) is 0 Å². The minimum Gasteiger partial charge on any atom is -0.488 e. The second-order valence-corrected chi connectivity index (χ2v) is 4.50. The van der Waals surface area contributed by atoms with Gasteiger partial charge in [-0.2, -0.15) is 0 Å². The van der Waals surface area contributed by atoms with Gasteiger partial charge in [-0.3, -0.25) is 0 Å². The van der Waals surface area contributed by atoms with Crippen LogP contribution in [0.5, 0.6) is 0 Å². The Morgan fingerprint density at radius 3 is 2.95 bits per heavy atom. The van der Waals surface area contributed by atoms with Crippen molar-refractivity contribution < 1.29 is 14.6 Å². The smallest absolute Gasteiger partial charge is 0.125 e. The number of ether oxygens (including phenoxy) is 2. The first-order valence-corrected chi connectivity index (χ1v) is 6.64. The highest BCUT2D eigenvalue weighted by atomic mass is 16.5. The van der Waals surface area contributed by atoms with Gasteiger partial charge in [-0.1, -0.05) is 36.4 Å². The Morgan fingerprint density at radius 2 is 2.16 bits per heavy atom. The molecule has 0 saturated carbocycles. The van der Waals surface area contributed by atoms with Crippen molar-refractivity contribution in [1.29, 1.82) is 0 Å². The van der Waals surface area contributed by atoms with Crippen LogP contribution < -0.4 is 0 Å². The van der Waals surface area contributed by atoms with Gasteiger partial charge in [-0.05, 0) is 24.1 Å². The van der Waals surface area contributed by atoms with Gasteiger partial charge in [-0.15, -0.1) is 0 Å². The van der Waals surface area contributed by atoms with Crippen LogP contribution in [-0.2, 0) is 16.1 Å². The number of aliphatic hydroxyl groups is 1. The second kappa shape index (κ2) is 7.77. The van der Waals surface area contributed by atoms with Crippen molar-refractivity contribution in [3.63, 3.8) is 0 Å². The second-order valence-electron chi connectivity index (χ2n) is 4.50. The van der Waals surface area contributed by atoms with Crippen molar-refractivity contribution in [2.75, 3.05) is 13.2 Å². The van der Waals surface area contributed by atoms with E-state index in [1.165, 1.54) is 5.56 Å². The van der Waals surface area contributed by atoms with E-state index in [1.807, 2.05) is 42.5 Å². The Morgan fingerprint density at radius 1 is 1.32 bits per heavy atom. The maximum Gasteiger partial charge on any atom is 0.125 e. The van der Waals surface area contributed by atoms with Gasteiger partial charge in [0.2, 0.25) is 0 Å². The molecule has 3 nitrogen and oxygen atoms in total. The van der Waals surface area contributed by atoms with Gasteiger partial charge >= 0.3 is 0 Å². The fraction of sp³-hybridized carbons (Fsp3) is 0.375. The predicted octanol–water partition coefficient (Wildman–Crippen LogP) is 2.81. The molecule has 3 heteroatoms.